The number of hydrogen-bond donors (Lipinski definition) is 2. The van der Waals surface area contributed by atoms with Crippen molar-refractivity contribution in [1.29, 1.82) is 0 Å². The maximum absolute atomic E-state index is 3.77. The van der Waals surface area contributed by atoms with Crippen molar-refractivity contribution in [3.8, 4) is 0 Å². The van der Waals surface area contributed by atoms with Gasteiger partial charge in [-0.2, -0.15) is 0 Å². The van der Waals surface area contributed by atoms with E-state index < -0.39 is 0 Å². The number of hydrogen-bond acceptors (Lipinski definition) is 2. The van der Waals surface area contributed by atoms with Gasteiger partial charge in [0, 0.05) is 25.2 Å². The minimum Gasteiger partial charge on any atom is -0.315 e. The van der Waals surface area contributed by atoms with Gasteiger partial charge in [0.05, 0.1) is 0 Å². The molecule has 4 fully saturated rings. The van der Waals surface area contributed by atoms with Crippen LogP contribution >= 0.6 is 0 Å². The molecule has 0 spiro atoms. The molecule has 0 saturated heterocycles. The Morgan fingerprint density at radius 2 is 1.65 bits per heavy atom. The smallest absolute Gasteiger partial charge is 0.00970 e. The van der Waals surface area contributed by atoms with Crippen LogP contribution < -0.4 is 10.6 Å². The molecule has 4 rings (SSSR count). The minimum absolute atomic E-state index is 0.246. The van der Waals surface area contributed by atoms with Crippen molar-refractivity contribution in [2.24, 2.45) is 22.7 Å². The first-order chi connectivity index (χ1) is 9.28. The third-order valence-corrected chi connectivity index (χ3v) is 5.93. The fourth-order valence-electron chi connectivity index (χ4n) is 6.01. The van der Waals surface area contributed by atoms with E-state index in [9.17, 15) is 0 Å². The topological polar surface area (TPSA) is 24.1 Å². The molecule has 2 unspecified atom stereocenters. The summed E-state index contributed by atoms with van der Waals surface area (Å²) >= 11 is 0. The van der Waals surface area contributed by atoms with Crippen molar-refractivity contribution in [1.82, 2.24) is 10.6 Å². The fourth-order valence-corrected chi connectivity index (χ4v) is 6.01. The van der Waals surface area contributed by atoms with Crippen molar-refractivity contribution >= 4 is 0 Å². The molecule has 0 aromatic rings. The zero-order valence-corrected chi connectivity index (χ0v) is 14.0. The molecule has 2 heteroatoms. The molecule has 0 aliphatic heterocycles. The summed E-state index contributed by atoms with van der Waals surface area (Å²) in [6, 6.07) is 0. The van der Waals surface area contributed by atoms with Gasteiger partial charge in [-0.1, -0.05) is 6.92 Å². The average Bonchev–Trinajstić information content (AvgIpc) is 2.22. The molecule has 20 heavy (non-hydrogen) atoms. The normalized spacial score (nSPS) is 43.2. The molecule has 4 aliphatic carbocycles. The lowest BCUT2D eigenvalue weighted by Gasteiger charge is -2.61. The molecule has 0 aromatic carbocycles. The van der Waals surface area contributed by atoms with Crippen molar-refractivity contribution in [2.75, 3.05) is 19.6 Å². The third-order valence-electron chi connectivity index (χ3n) is 5.93. The highest BCUT2D eigenvalue weighted by Gasteiger charge is 2.55. The van der Waals surface area contributed by atoms with Gasteiger partial charge in [0.1, 0.15) is 0 Å². The van der Waals surface area contributed by atoms with Crippen molar-refractivity contribution < 1.29 is 0 Å². The highest BCUT2D eigenvalue weighted by molar-refractivity contribution is 5.06. The SMILES string of the molecule is CC12CC3CC(C1)CC(CNCCNC(C)(C)C)(C3)C2. The molecule has 2 atom stereocenters. The van der Waals surface area contributed by atoms with E-state index in [1.807, 2.05) is 0 Å². The standard InChI is InChI=1S/C18H34N2/c1-16(2,3)20-6-5-19-13-18-10-14-7-15(11-18)9-17(4,8-14)12-18/h14-15,19-20H,5-13H2,1-4H3. The molecule has 0 aromatic heterocycles. The van der Waals surface area contributed by atoms with Crippen molar-refractivity contribution in [3.05, 3.63) is 0 Å². The van der Waals surface area contributed by atoms with E-state index in [0.717, 1.165) is 24.9 Å². The summed E-state index contributed by atoms with van der Waals surface area (Å²) in [4.78, 5) is 0. The van der Waals surface area contributed by atoms with Crippen molar-refractivity contribution in [3.63, 3.8) is 0 Å². The van der Waals surface area contributed by atoms with Crippen LogP contribution in [-0.4, -0.2) is 25.2 Å². The first-order valence-electron chi connectivity index (χ1n) is 8.74. The summed E-state index contributed by atoms with van der Waals surface area (Å²) in [5.41, 5.74) is 1.59. The van der Waals surface area contributed by atoms with Gasteiger partial charge in [-0.05, 0) is 82.0 Å². The molecular formula is C18H34N2. The Morgan fingerprint density at radius 1 is 1.00 bits per heavy atom. The van der Waals surface area contributed by atoms with Gasteiger partial charge >= 0.3 is 0 Å². The van der Waals surface area contributed by atoms with E-state index in [1.54, 1.807) is 6.42 Å². The van der Waals surface area contributed by atoms with Crippen LogP contribution in [0.4, 0.5) is 0 Å². The van der Waals surface area contributed by atoms with Gasteiger partial charge in [-0.3, -0.25) is 0 Å². The highest BCUT2D eigenvalue weighted by atomic mass is 15.0. The van der Waals surface area contributed by atoms with Gasteiger partial charge in [-0.15, -0.1) is 0 Å². The average molecular weight is 278 g/mol. The molecule has 4 saturated carbocycles. The number of rotatable bonds is 5. The first kappa shape index (κ1) is 14.8. The van der Waals surface area contributed by atoms with Gasteiger partial charge in [-0.25, -0.2) is 0 Å². The van der Waals surface area contributed by atoms with E-state index in [4.69, 9.17) is 0 Å². The maximum Gasteiger partial charge on any atom is 0.00970 e. The molecule has 2 nitrogen and oxygen atoms in total. The van der Waals surface area contributed by atoms with Gasteiger partial charge in [0.25, 0.3) is 0 Å². The van der Waals surface area contributed by atoms with Gasteiger partial charge in [0.2, 0.25) is 0 Å². The summed E-state index contributed by atoms with van der Waals surface area (Å²) < 4.78 is 0. The Kier molecular flexibility index (Phi) is 3.70. The second-order valence-corrected chi connectivity index (χ2v) is 9.63. The molecular weight excluding hydrogens is 244 g/mol. The molecule has 0 heterocycles. The predicted octanol–water partition coefficient (Wildman–Crippen LogP) is 3.57. The summed E-state index contributed by atoms with van der Waals surface area (Å²) in [7, 11) is 0. The maximum atomic E-state index is 3.77. The van der Waals surface area contributed by atoms with Crippen LogP contribution in [0.2, 0.25) is 0 Å². The number of nitrogens with one attached hydrogen (secondary N) is 2. The third kappa shape index (κ3) is 3.22. The van der Waals surface area contributed by atoms with E-state index in [2.05, 4.69) is 38.3 Å². The van der Waals surface area contributed by atoms with Crippen LogP contribution in [0.15, 0.2) is 0 Å². The molecule has 0 radical (unpaired) electrons. The van der Waals surface area contributed by atoms with Crippen LogP contribution in [0.5, 0.6) is 0 Å². The van der Waals surface area contributed by atoms with Crippen LogP contribution in [-0.2, 0) is 0 Å². The van der Waals surface area contributed by atoms with Crippen LogP contribution in [0.3, 0.4) is 0 Å². The van der Waals surface area contributed by atoms with Crippen LogP contribution in [0.25, 0.3) is 0 Å². The second-order valence-electron chi connectivity index (χ2n) is 9.63. The summed E-state index contributed by atoms with van der Waals surface area (Å²) in [6.45, 7) is 12.8. The Labute approximate surface area is 125 Å². The zero-order valence-electron chi connectivity index (χ0n) is 14.0. The summed E-state index contributed by atoms with van der Waals surface area (Å²) in [5.74, 6) is 2.10. The molecule has 4 aliphatic rings. The predicted molar refractivity (Wildman–Crippen MR) is 85.8 cm³/mol. The summed E-state index contributed by atoms with van der Waals surface area (Å²) in [6.07, 6.45) is 9.11. The molecule has 2 N–H and O–H groups in total. The second kappa shape index (κ2) is 4.98. The largest absolute Gasteiger partial charge is 0.315 e. The fraction of sp³-hybridized carbons (Fsp3) is 1.00. The van der Waals surface area contributed by atoms with Crippen LogP contribution in [0, 0.1) is 22.7 Å². The van der Waals surface area contributed by atoms with E-state index in [0.29, 0.717) is 10.8 Å². The molecule has 4 bridgehead atoms. The Balaban J connectivity index is 1.48. The highest BCUT2D eigenvalue weighted by Crippen LogP contribution is 2.64. The van der Waals surface area contributed by atoms with Crippen molar-refractivity contribution in [2.45, 2.75) is 71.8 Å². The lowest BCUT2D eigenvalue weighted by atomic mass is 9.44. The zero-order chi connectivity index (χ0) is 14.4. The Hall–Kier alpha value is -0.0800. The van der Waals surface area contributed by atoms with Gasteiger partial charge < -0.3 is 10.6 Å². The summed E-state index contributed by atoms with van der Waals surface area (Å²) in [5, 5.41) is 7.35. The lowest BCUT2D eigenvalue weighted by Crippen LogP contribution is -2.54. The van der Waals surface area contributed by atoms with Crippen LogP contribution in [0.1, 0.15) is 66.2 Å². The van der Waals surface area contributed by atoms with E-state index >= 15 is 0 Å². The molecule has 116 valence electrons. The van der Waals surface area contributed by atoms with E-state index in [1.165, 1.54) is 38.6 Å². The Bertz CT molecular complexity index is 341. The quantitative estimate of drug-likeness (QED) is 0.751. The first-order valence-corrected chi connectivity index (χ1v) is 8.74. The Morgan fingerprint density at radius 3 is 2.20 bits per heavy atom. The lowest BCUT2D eigenvalue weighted by molar-refractivity contribution is -0.0997. The van der Waals surface area contributed by atoms with E-state index in [-0.39, 0.29) is 5.54 Å². The molecule has 0 amide bonds. The monoisotopic (exact) mass is 278 g/mol. The minimum atomic E-state index is 0.246. The van der Waals surface area contributed by atoms with Gasteiger partial charge in [0.15, 0.2) is 0 Å².